The summed E-state index contributed by atoms with van der Waals surface area (Å²) in [6.07, 6.45) is 5.75. The fourth-order valence-corrected chi connectivity index (χ4v) is 2.04. The molecule has 0 aliphatic rings. The van der Waals surface area contributed by atoms with Crippen molar-refractivity contribution in [3.63, 3.8) is 0 Å². The zero-order valence-electron chi connectivity index (χ0n) is 10.9. The predicted octanol–water partition coefficient (Wildman–Crippen LogP) is 1.96. The molecule has 5 nitrogen and oxygen atoms in total. The third-order valence-corrected chi connectivity index (χ3v) is 3.11. The number of amides is 1. The molecule has 0 aliphatic heterocycles. The van der Waals surface area contributed by atoms with Crippen molar-refractivity contribution in [2.45, 2.75) is 19.9 Å². The second-order valence-corrected chi connectivity index (χ2v) is 4.57. The second kappa shape index (κ2) is 5.84. The number of rotatable bonds is 4. The highest BCUT2D eigenvalue weighted by Crippen LogP contribution is 2.13. The summed E-state index contributed by atoms with van der Waals surface area (Å²) in [5, 5.41) is 7.55. The van der Waals surface area contributed by atoms with E-state index in [0.29, 0.717) is 17.1 Å². The summed E-state index contributed by atoms with van der Waals surface area (Å²) in [7, 11) is 1.86. The Bertz CT molecular complexity index is 594. The van der Waals surface area contributed by atoms with Crippen molar-refractivity contribution in [2.24, 2.45) is 7.05 Å². The average Bonchev–Trinajstić information content (AvgIpc) is 2.77. The van der Waals surface area contributed by atoms with E-state index in [0.717, 1.165) is 17.7 Å². The number of aryl methyl sites for hydroxylation is 2. The topological polar surface area (TPSA) is 59.8 Å². The predicted molar refractivity (Wildman–Crippen MR) is 73.0 cm³/mol. The van der Waals surface area contributed by atoms with Crippen LogP contribution in [0.25, 0.3) is 0 Å². The van der Waals surface area contributed by atoms with Crippen LogP contribution in [0.1, 0.15) is 28.5 Å². The third-order valence-electron chi connectivity index (χ3n) is 2.78. The summed E-state index contributed by atoms with van der Waals surface area (Å²) in [5.41, 5.74) is 2.38. The number of nitrogens with zero attached hydrogens (tertiary/aromatic N) is 3. The van der Waals surface area contributed by atoms with Crippen LogP contribution in [-0.2, 0) is 20.0 Å². The molecule has 2 aromatic rings. The highest BCUT2D eigenvalue weighted by Gasteiger charge is 2.12. The van der Waals surface area contributed by atoms with Crippen LogP contribution in [0.4, 0.5) is 0 Å². The van der Waals surface area contributed by atoms with Gasteiger partial charge in [0, 0.05) is 37.7 Å². The quantitative estimate of drug-likeness (QED) is 0.930. The number of nitrogens with one attached hydrogen (secondary N) is 1. The van der Waals surface area contributed by atoms with Gasteiger partial charge < -0.3 is 5.32 Å². The van der Waals surface area contributed by atoms with Gasteiger partial charge in [0.1, 0.15) is 0 Å². The summed E-state index contributed by atoms with van der Waals surface area (Å²) in [5.74, 6) is -0.232. The normalized spacial score (nSPS) is 10.5. The summed E-state index contributed by atoms with van der Waals surface area (Å²) >= 11 is 5.95. The first-order valence-corrected chi connectivity index (χ1v) is 6.38. The van der Waals surface area contributed by atoms with Crippen LogP contribution in [0.15, 0.2) is 24.7 Å². The Labute approximate surface area is 116 Å². The zero-order valence-corrected chi connectivity index (χ0v) is 11.6. The van der Waals surface area contributed by atoms with Crippen LogP contribution in [0.3, 0.4) is 0 Å². The molecule has 0 spiro atoms. The van der Waals surface area contributed by atoms with Crippen molar-refractivity contribution in [2.75, 3.05) is 0 Å². The van der Waals surface area contributed by atoms with Crippen LogP contribution < -0.4 is 5.32 Å². The highest BCUT2D eigenvalue weighted by atomic mass is 35.5. The SMILES string of the molecule is CCc1nn(C)cc1CNC(=O)c1cnccc1Cl. The molecule has 19 heavy (non-hydrogen) atoms. The standard InChI is InChI=1S/C13H15ClN4O/c1-3-12-9(8-18(2)17-12)6-16-13(19)10-7-15-5-4-11(10)14/h4-5,7-8H,3,6H2,1-2H3,(H,16,19). The molecule has 0 unspecified atom stereocenters. The summed E-state index contributed by atoms with van der Waals surface area (Å²) in [6.45, 7) is 2.46. The molecule has 100 valence electrons. The Balaban J connectivity index is 2.06. The molecule has 6 heteroatoms. The maximum atomic E-state index is 12.0. The van der Waals surface area contributed by atoms with Gasteiger partial charge in [0.05, 0.1) is 16.3 Å². The summed E-state index contributed by atoms with van der Waals surface area (Å²) < 4.78 is 1.75. The van der Waals surface area contributed by atoms with Crippen LogP contribution in [0, 0.1) is 0 Å². The van der Waals surface area contributed by atoms with Gasteiger partial charge in [0.15, 0.2) is 0 Å². The molecular formula is C13H15ClN4O. The van der Waals surface area contributed by atoms with E-state index in [1.165, 1.54) is 6.20 Å². The molecule has 0 fully saturated rings. The minimum absolute atomic E-state index is 0.232. The first-order chi connectivity index (χ1) is 9.11. The van der Waals surface area contributed by atoms with Crippen molar-refractivity contribution in [3.05, 3.63) is 46.5 Å². The van der Waals surface area contributed by atoms with Gasteiger partial charge in [0.25, 0.3) is 5.91 Å². The van der Waals surface area contributed by atoms with E-state index in [4.69, 9.17) is 11.6 Å². The van der Waals surface area contributed by atoms with Gasteiger partial charge in [-0.25, -0.2) is 0 Å². The van der Waals surface area contributed by atoms with Crippen LogP contribution >= 0.6 is 11.6 Å². The van der Waals surface area contributed by atoms with Crippen molar-refractivity contribution in [3.8, 4) is 0 Å². The van der Waals surface area contributed by atoms with Gasteiger partial charge in [-0.2, -0.15) is 5.10 Å². The molecule has 0 bridgehead atoms. The van der Waals surface area contributed by atoms with E-state index in [1.54, 1.807) is 16.9 Å². The monoisotopic (exact) mass is 278 g/mol. The molecule has 1 N–H and O–H groups in total. The van der Waals surface area contributed by atoms with Crippen LogP contribution in [0.2, 0.25) is 5.02 Å². The fraction of sp³-hybridized carbons (Fsp3) is 0.308. The summed E-state index contributed by atoms with van der Waals surface area (Å²) in [6, 6.07) is 1.60. The van der Waals surface area contributed by atoms with E-state index in [1.807, 2.05) is 20.2 Å². The second-order valence-electron chi connectivity index (χ2n) is 4.17. The highest BCUT2D eigenvalue weighted by molar-refractivity contribution is 6.33. The van der Waals surface area contributed by atoms with E-state index >= 15 is 0 Å². The number of carbonyl (C=O) groups excluding carboxylic acids is 1. The Morgan fingerprint density at radius 1 is 1.53 bits per heavy atom. The molecule has 2 heterocycles. The van der Waals surface area contributed by atoms with Crippen molar-refractivity contribution in [1.82, 2.24) is 20.1 Å². The molecule has 0 saturated carbocycles. The van der Waals surface area contributed by atoms with E-state index in [9.17, 15) is 4.79 Å². The average molecular weight is 279 g/mol. The number of hydrogen-bond acceptors (Lipinski definition) is 3. The van der Waals surface area contributed by atoms with Crippen molar-refractivity contribution >= 4 is 17.5 Å². The third kappa shape index (κ3) is 3.12. The van der Waals surface area contributed by atoms with Gasteiger partial charge >= 0.3 is 0 Å². The molecule has 0 atom stereocenters. The van der Waals surface area contributed by atoms with Crippen molar-refractivity contribution < 1.29 is 4.79 Å². The lowest BCUT2D eigenvalue weighted by Crippen LogP contribution is -2.23. The van der Waals surface area contributed by atoms with Gasteiger partial charge in [-0.05, 0) is 12.5 Å². The first kappa shape index (κ1) is 13.5. The fourth-order valence-electron chi connectivity index (χ4n) is 1.84. The van der Waals surface area contributed by atoms with Crippen molar-refractivity contribution in [1.29, 1.82) is 0 Å². The number of halogens is 1. The molecule has 1 amide bonds. The minimum Gasteiger partial charge on any atom is -0.348 e. The van der Waals surface area contributed by atoms with E-state index in [-0.39, 0.29) is 5.91 Å². The van der Waals surface area contributed by atoms with Crippen LogP contribution in [0.5, 0.6) is 0 Å². The van der Waals surface area contributed by atoms with Gasteiger partial charge in [0.2, 0.25) is 0 Å². The molecule has 0 saturated heterocycles. The van der Waals surface area contributed by atoms with Gasteiger partial charge in [-0.3, -0.25) is 14.5 Å². The van der Waals surface area contributed by atoms with Crippen LogP contribution in [-0.4, -0.2) is 20.7 Å². The summed E-state index contributed by atoms with van der Waals surface area (Å²) in [4.78, 5) is 15.9. The van der Waals surface area contributed by atoms with E-state index in [2.05, 4.69) is 15.4 Å². The van der Waals surface area contributed by atoms with Gasteiger partial charge in [-0.15, -0.1) is 0 Å². The zero-order chi connectivity index (χ0) is 13.8. The number of carbonyl (C=O) groups is 1. The Morgan fingerprint density at radius 3 is 3.00 bits per heavy atom. The largest absolute Gasteiger partial charge is 0.348 e. The maximum absolute atomic E-state index is 12.0. The maximum Gasteiger partial charge on any atom is 0.254 e. The number of hydrogen-bond donors (Lipinski definition) is 1. The number of pyridine rings is 1. The lowest BCUT2D eigenvalue weighted by Gasteiger charge is -2.05. The number of aromatic nitrogens is 3. The Morgan fingerprint density at radius 2 is 2.32 bits per heavy atom. The molecule has 2 rings (SSSR count). The lowest BCUT2D eigenvalue weighted by molar-refractivity contribution is 0.0950. The first-order valence-electron chi connectivity index (χ1n) is 6.01. The molecule has 2 aromatic heterocycles. The Hall–Kier alpha value is -1.88. The minimum atomic E-state index is -0.232. The Kier molecular flexibility index (Phi) is 4.16. The van der Waals surface area contributed by atoms with Gasteiger partial charge in [-0.1, -0.05) is 18.5 Å². The molecule has 0 aliphatic carbocycles. The smallest absolute Gasteiger partial charge is 0.254 e. The molecular weight excluding hydrogens is 264 g/mol. The lowest BCUT2D eigenvalue weighted by atomic mass is 10.2. The molecule has 0 radical (unpaired) electrons. The van der Waals surface area contributed by atoms with E-state index < -0.39 is 0 Å². The molecule has 0 aromatic carbocycles.